The lowest BCUT2D eigenvalue weighted by molar-refractivity contribution is -0.383. The van der Waals surface area contributed by atoms with Crippen LogP contribution in [-0.4, -0.2) is 17.9 Å². The maximum absolute atomic E-state index is 11.7. The highest BCUT2D eigenvalue weighted by atomic mass is 16.6. The number of nitrogens with one attached hydrogen (secondary N) is 1. The van der Waals surface area contributed by atoms with Gasteiger partial charge in [0.1, 0.15) is 5.69 Å². The zero-order valence-corrected chi connectivity index (χ0v) is 11.4. The Labute approximate surface area is 121 Å². The molecule has 2 aromatic carbocycles. The molecule has 1 aliphatic heterocycles. The van der Waals surface area contributed by atoms with Gasteiger partial charge in [0.2, 0.25) is 5.91 Å². The Balaban J connectivity index is 1.93. The second-order valence-electron chi connectivity index (χ2n) is 4.87. The molecule has 0 saturated heterocycles. The first-order chi connectivity index (χ1) is 10.1. The maximum Gasteiger partial charge on any atom is 0.292 e. The molecular weight excluding hydrogens is 270 g/mol. The molecule has 0 saturated carbocycles. The summed E-state index contributed by atoms with van der Waals surface area (Å²) in [5, 5.41) is 14.0. The lowest BCUT2D eigenvalue weighted by Gasteiger charge is -2.11. The SMILES string of the molecule is CN1C(=O)Cc2cc(Nc3ccccc3[N+](=O)[O-])ccc21. The van der Waals surface area contributed by atoms with Crippen LogP contribution in [0.4, 0.5) is 22.7 Å². The van der Waals surface area contributed by atoms with E-state index in [9.17, 15) is 14.9 Å². The van der Waals surface area contributed by atoms with E-state index in [-0.39, 0.29) is 11.6 Å². The van der Waals surface area contributed by atoms with Gasteiger partial charge in [0.25, 0.3) is 5.69 Å². The quantitative estimate of drug-likeness (QED) is 0.694. The number of amides is 1. The van der Waals surface area contributed by atoms with Crippen LogP contribution in [0.1, 0.15) is 5.56 Å². The van der Waals surface area contributed by atoms with Crippen molar-refractivity contribution >= 4 is 28.7 Å². The summed E-state index contributed by atoms with van der Waals surface area (Å²) in [5.41, 5.74) is 2.98. The monoisotopic (exact) mass is 283 g/mol. The van der Waals surface area contributed by atoms with Gasteiger partial charge in [0.15, 0.2) is 0 Å². The van der Waals surface area contributed by atoms with Gasteiger partial charge in [0.05, 0.1) is 11.3 Å². The minimum absolute atomic E-state index is 0.0196. The molecule has 1 amide bonds. The highest BCUT2D eigenvalue weighted by Gasteiger charge is 2.24. The van der Waals surface area contributed by atoms with Crippen LogP contribution in [-0.2, 0) is 11.2 Å². The summed E-state index contributed by atoms with van der Waals surface area (Å²) < 4.78 is 0. The third-order valence-electron chi connectivity index (χ3n) is 3.54. The van der Waals surface area contributed by atoms with E-state index in [2.05, 4.69) is 5.32 Å². The summed E-state index contributed by atoms with van der Waals surface area (Å²) in [6, 6.07) is 12.0. The second kappa shape index (κ2) is 4.90. The highest BCUT2D eigenvalue weighted by Crippen LogP contribution is 2.32. The van der Waals surface area contributed by atoms with Crippen molar-refractivity contribution < 1.29 is 9.72 Å². The first-order valence-electron chi connectivity index (χ1n) is 6.46. The van der Waals surface area contributed by atoms with Crippen LogP contribution in [0, 0.1) is 10.1 Å². The van der Waals surface area contributed by atoms with Gasteiger partial charge in [-0.05, 0) is 29.8 Å². The van der Waals surface area contributed by atoms with Gasteiger partial charge in [0, 0.05) is 24.5 Å². The number of para-hydroxylation sites is 2. The number of carbonyl (C=O) groups excluding carboxylic acids is 1. The first-order valence-corrected chi connectivity index (χ1v) is 6.46. The molecule has 1 aliphatic rings. The van der Waals surface area contributed by atoms with E-state index < -0.39 is 4.92 Å². The van der Waals surface area contributed by atoms with E-state index in [0.717, 1.165) is 16.9 Å². The molecule has 1 N–H and O–H groups in total. The topological polar surface area (TPSA) is 75.5 Å². The number of nitro groups is 1. The molecule has 0 fully saturated rings. The highest BCUT2D eigenvalue weighted by molar-refractivity contribution is 6.01. The van der Waals surface area contributed by atoms with Crippen molar-refractivity contribution in [2.24, 2.45) is 0 Å². The smallest absolute Gasteiger partial charge is 0.292 e. The Bertz CT molecular complexity index is 743. The fourth-order valence-electron chi connectivity index (χ4n) is 2.44. The van der Waals surface area contributed by atoms with Crippen molar-refractivity contribution in [2.75, 3.05) is 17.3 Å². The van der Waals surface area contributed by atoms with Crippen LogP contribution in [0.25, 0.3) is 0 Å². The van der Waals surface area contributed by atoms with E-state index in [1.807, 2.05) is 18.2 Å². The molecule has 6 heteroatoms. The predicted octanol–water partition coefficient (Wildman–Crippen LogP) is 2.86. The van der Waals surface area contributed by atoms with E-state index in [4.69, 9.17) is 0 Å². The summed E-state index contributed by atoms with van der Waals surface area (Å²) in [6.07, 6.45) is 0.359. The predicted molar refractivity (Wildman–Crippen MR) is 79.9 cm³/mol. The molecule has 3 rings (SSSR count). The number of likely N-dealkylation sites (N-methyl/N-ethyl adjacent to an activating group) is 1. The van der Waals surface area contributed by atoms with Crippen molar-refractivity contribution in [3.8, 4) is 0 Å². The normalized spacial score (nSPS) is 13.2. The fourth-order valence-corrected chi connectivity index (χ4v) is 2.44. The van der Waals surface area contributed by atoms with Gasteiger partial charge in [-0.2, -0.15) is 0 Å². The van der Waals surface area contributed by atoms with Gasteiger partial charge < -0.3 is 10.2 Å². The Morgan fingerprint density at radius 2 is 2.00 bits per heavy atom. The lowest BCUT2D eigenvalue weighted by Crippen LogP contribution is -2.20. The molecule has 6 nitrogen and oxygen atoms in total. The van der Waals surface area contributed by atoms with Gasteiger partial charge in [-0.3, -0.25) is 14.9 Å². The summed E-state index contributed by atoms with van der Waals surface area (Å²) in [6.45, 7) is 0. The molecule has 0 unspecified atom stereocenters. The number of benzene rings is 2. The maximum atomic E-state index is 11.7. The molecule has 0 aliphatic carbocycles. The zero-order valence-electron chi connectivity index (χ0n) is 11.4. The lowest BCUT2D eigenvalue weighted by atomic mass is 10.1. The Morgan fingerprint density at radius 1 is 1.24 bits per heavy atom. The number of nitrogens with zero attached hydrogens (tertiary/aromatic N) is 2. The van der Waals surface area contributed by atoms with Crippen LogP contribution < -0.4 is 10.2 Å². The minimum atomic E-state index is -0.424. The van der Waals surface area contributed by atoms with Gasteiger partial charge in [-0.15, -0.1) is 0 Å². The van der Waals surface area contributed by atoms with Crippen LogP contribution in [0.3, 0.4) is 0 Å². The number of fused-ring (bicyclic) bond motifs is 1. The summed E-state index contributed by atoms with van der Waals surface area (Å²) >= 11 is 0. The average molecular weight is 283 g/mol. The fraction of sp³-hybridized carbons (Fsp3) is 0.133. The summed E-state index contributed by atoms with van der Waals surface area (Å²) in [7, 11) is 1.74. The Hall–Kier alpha value is -2.89. The molecule has 1 heterocycles. The van der Waals surface area contributed by atoms with Crippen LogP contribution in [0.15, 0.2) is 42.5 Å². The average Bonchev–Trinajstić information content (AvgIpc) is 2.74. The molecular formula is C15H13N3O3. The Kier molecular flexibility index (Phi) is 3.06. The third kappa shape index (κ3) is 2.31. The largest absolute Gasteiger partial charge is 0.350 e. The number of anilines is 3. The van der Waals surface area contributed by atoms with Crippen LogP contribution >= 0.6 is 0 Å². The van der Waals surface area contributed by atoms with Crippen molar-refractivity contribution in [2.45, 2.75) is 6.42 Å². The number of nitro benzene ring substituents is 1. The van der Waals surface area contributed by atoms with Crippen molar-refractivity contribution in [1.29, 1.82) is 0 Å². The standard InChI is InChI=1S/C15H13N3O3/c1-17-13-7-6-11(8-10(13)9-15(17)19)16-12-4-2-3-5-14(12)18(20)21/h2-8,16H,9H2,1H3. The third-order valence-corrected chi connectivity index (χ3v) is 3.54. The number of hydrogen-bond donors (Lipinski definition) is 1. The van der Waals surface area contributed by atoms with Crippen molar-refractivity contribution in [1.82, 2.24) is 0 Å². The summed E-state index contributed by atoms with van der Waals surface area (Å²) in [5.74, 6) is 0.0489. The first kappa shape index (κ1) is 13.1. The zero-order chi connectivity index (χ0) is 15.0. The molecule has 0 radical (unpaired) electrons. The number of hydrogen-bond acceptors (Lipinski definition) is 4. The second-order valence-corrected chi connectivity index (χ2v) is 4.87. The molecule has 0 atom stereocenters. The van der Waals surface area contributed by atoms with Crippen molar-refractivity contribution in [3.05, 3.63) is 58.1 Å². The van der Waals surface area contributed by atoms with Crippen LogP contribution in [0.2, 0.25) is 0 Å². The molecule has 2 aromatic rings. The van der Waals surface area contributed by atoms with E-state index >= 15 is 0 Å². The van der Waals surface area contributed by atoms with E-state index in [1.165, 1.54) is 6.07 Å². The Morgan fingerprint density at radius 3 is 2.76 bits per heavy atom. The molecule has 106 valence electrons. The molecule has 0 bridgehead atoms. The van der Waals surface area contributed by atoms with E-state index in [1.54, 1.807) is 30.1 Å². The molecule has 0 spiro atoms. The number of carbonyl (C=O) groups is 1. The van der Waals surface area contributed by atoms with Gasteiger partial charge >= 0.3 is 0 Å². The van der Waals surface area contributed by atoms with Crippen molar-refractivity contribution in [3.63, 3.8) is 0 Å². The van der Waals surface area contributed by atoms with Gasteiger partial charge in [-0.1, -0.05) is 12.1 Å². The van der Waals surface area contributed by atoms with E-state index in [0.29, 0.717) is 12.1 Å². The van der Waals surface area contributed by atoms with Gasteiger partial charge in [-0.25, -0.2) is 0 Å². The minimum Gasteiger partial charge on any atom is -0.350 e. The number of rotatable bonds is 3. The summed E-state index contributed by atoms with van der Waals surface area (Å²) in [4.78, 5) is 23.9. The van der Waals surface area contributed by atoms with Crippen LogP contribution in [0.5, 0.6) is 0 Å². The molecule has 21 heavy (non-hydrogen) atoms. The molecule has 0 aromatic heterocycles.